The van der Waals surface area contributed by atoms with Crippen LogP contribution in [0.1, 0.15) is 24.2 Å². The molecule has 0 atom stereocenters. The van der Waals surface area contributed by atoms with Crippen LogP contribution >= 0.6 is 11.6 Å². The highest BCUT2D eigenvalue weighted by Crippen LogP contribution is 2.19. The Morgan fingerprint density at radius 1 is 1.11 bits per heavy atom. The van der Waals surface area contributed by atoms with Gasteiger partial charge in [-0.3, -0.25) is 9.36 Å². The largest absolute Gasteiger partial charge is 0.352 e. The van der Waals surface area contributed by atoms with E-state index in [2.05, 4.69) is 10.4 Å². The average Bonchev–Trinajstić information content (AvgIpc) is 3.43. The van der Waals surface area contributed by atoms with Crippen LogP contribution in [0.3, 0.4) is 0 Å². The zero-order chi connectivity index (χ0) is 18.8. The Morgan fingerprint density at radius 3 is 2.52 bits per heavy atom. The first-order chi connectivity index (χ1) is 13.1. The number of benzene rings is 2. The fourth-order valence-corrected chi connectivity index (χ4v) is 3.15. The van der Waals surface area contributed by atoms with Gasteiger partial charge >= 0.3 is 5.69 Å². The molecule has 3 aromatic rings. The minimum atomic E-state index is -0.375. The topological polar surface area (TPSA) is 68.9 Å². The summed E-state index contributed by atoms with van der Waals surface area (Å²) >= 11 is 6.25. The minimum absolute atomic E-state index is 0.0536. The zero-order valence-corrected chi connectivity index (χ0v) is 15.4. The molecule has 4 rings (SSSR count). The molecule has 1 amide bonds. The molecule has 0 spiro atoms. The Labute approximate surface area is 161 Å². The molecule has 138 valence electrons. The summed E-state index contributed by atoms with van der Waals surface area (Å²) in [5.74, 6) is 0.352. The van der Waals surface area contributed by atoms with E-state index in [1.54, 1.807) is 24.3 Å². The number of hydrogen-bond donors (Lipinski definition) is 1. The highest BCUT2D eigenvalue weighted by Gasteiger charge is 2.25. The number of nitrogens with zero attached hydrogens (tertiary/aromatic N) is 3. The first-order valence-electron chi connectivity index (χ1n) is 8.89. The number of halogens is 1. The molecule has 1 aliphatic rings. The molecule has 0 bridgehead atoms. The molecule has 0 aliphatic heterocycles. The van der Waals surface area contributed by atoms with Crippen molar-refractivity contribution in [2.24, 2.45) is 0 Å². The van der Waals surface area contributed by atoms with Crippen molar-refractivity contribution in [1.29, 1.82) is 0 Å². The summed E-state index contributed by atoms with van der Waals surface area (Å²) in [5, 5.41) is 7.83. The molecule has 1 heterocycles. The number of carbonyl (C=O) groups is 1. The van der Waals surface area contributed by atoms with Crippen molar-refractivity contribution in [3.8, 4) is 5.69 Å². The monoisotopic (exact) mass is 382 g/mol. The molecule has 6 nitrogen and oxygen atoms in total. The van der Waals surface area contributed by atoms with Crippen LogP contribution in [0.5, 0.6) is 0 Å². The quantitative estimate of drug-likeness (QED) is 0.712. The van der Waals surface area contributed by atoms with Gasteiger partial charge in [0.15, 0.2) is 0 Å². The molecule has 27 heavy (non-hydrogen) atoms. The van der Waals surface area contributed by atoms with Crippen molar-refractivity contribution < 1.29 is 4.79 Å². The van der Waals surface area contributed by atoms with Gasteiger partial charge in [-0.25, -0.2) is 4.79 Å². The smallest absolute Gasteiger partial charge is 0.351 e. The van der Waals surface area contributed by atoms with E-state index in [9.17, 15) is 9.59 Å². The van der Waals surface area contributed by atoms with Crippen LogP contribution in [-0.4, -0.2) is 26.3 Å². The van der Waals surface area contributed by atoms with E-state index < -0.39 is 0 Å². The zero-order valence-electron chi connectivity index (χ0n) is 14.6. The average molecular weight is 383 g/mol. The molecular formula is C20H19ClN4O2. The lowest BCUT2D eigenvalue weighted by Gasteiger charge is -2.06. The van der Waals surface area contributed by atoms with Gasteiger partial charge in [0, 0.05) is 12.5 Å². The van der Waals surface area contributed by atoms with Crippen LogP contribution in [0, 0.1) is 0 Å². The molecule has 0 saturated heterocycles. The van der Waals surface area contributed by atoms with Gasteiger partial charge in [0.25, 0.3) is 0 Å². The molecule has 0 radical (unpaired) electrons. The maximum atomic E-state index is 13.0. The van der Waals surface area contributed by atoms with Crippen molar-refractivity contribution in [3.63, 3.8) is 0 Å². The fraction of sp³-hybridized carbons (Fsp3) is 0.250. The third kappa shape index (κ3) is 3.95. The van der Waals surface area contributed by atoms with Crippen LogP contribution in [0.4, 0.5) is 0 Å². The van der Waals surface area contributed by atoms with Gasteiger partial charge in [0.2, 0.25) is 5.91 Å². The Kier molecular flexibility index (Phi) is 4.81. The number of aromatic nitrogens is 3. The van der Waals surface area contributed by atoms with Crippen molar-refractivity contribution >= 4 is 17.5 Å². The maximum absolute atomic E-state index is 13.0. The number of amides is 1. The van der Waals surface area contributed by atoms with Crippen LogP contribution < -0.4 is 11.0 Å². The summed E-state index contributed by atoms with van der Waals surface area (Å²) in [6.45, 7) is -0.0536. The summed E-state index contributed by atoms with van der Waals surface area (Å²) in [7, 11) is 0. The van der Waals surface area contributed by atoms with E-state index >= 15 is 0 Å². The molecule has 2 aromatic carbocycles. The summed E-state index contributed by atoms with van der Waals surface area (Å²) in [6.07, 6.45) is 2.44. The van der Waals surface area contributed by atoms with Gasteiger partial charge in [-0.05, 0) is 30.5 Å². The highest BCUT2D eigenvalue weighted by atomic mass is 35.5. The van der Waals surface area contributed by atoms with Gasteiger partial charge in [-0.2, -0.15) is 4.68 Å². The summed E-state index contributed by atoms with van der Waals surface area (Å²) in [4.78, 5) is 25.3. The van der Waals surface area contributed by atoms with Crippen molar-refractivity contribution in [2.75, 3.05) is 0 Å². The molecule has 1 N–H and O–H groups in total. The van der Waals surface area contributed by atoms with E-state index in [0.29, 0.717) is 23.0 Å². The van der Waals surface area contributed by atoms with Gasteiger partial charge < -0.3 is 5.32 Å². The molecular weight excluding hydrogens is 364 g/mol. The lowest BCUT2D eigenvalue weighted by Crippen LogP contribution is -2.34. The van der Waals surface area contributed by atoms with Crippen LogP contribution in [0.25, 0.3) is 5.69 Å². The predicted octanol–water partition coefficient (Wildman–Crippen LogP) is 2.56. The van der Waals surface area contributed by atoms with Crippen molar-refractivity contribution in [2.45, 2.75) is 31.8 Å². The minimum Gasteiger partial charge on any atom is -0.352 e. The molecule has 1 aliphatic carbocycles. The molecule has 1 fully saturated rings. The highest BCUT2D eigenvalue weighted by molar-refractivity contribution is 6.32. The SMILES string of the molecule is O=C(Cn1c(Cc2ccccc2)nn(-c2ccccc2Cl)c1=O)NC1CC1. The maximum Gasteiger partial charge on any atom is 0.351 e. The molecule has 7 heteroatoms. The normalized spacial score (nSPS) is 13.5. The van der Waals surface area contributed by atoms with E-state index in [1.165, 1.54) is 9.25 Å². The van der Waals surface area contributed by atoms with Gasteiger partial charge in [-0.15, -0.1) is 5.10 Å². The first kappa shape index (κ1) is 17.5. The lowest BCUT2D eigenvalue weighted by molar-refractivity contribution is -0.121. The molecule has 1 saturated carbocycles. The van der Waals surface area contributed by atoms with E-state index in [4.69, 9.17) is 11.6 Å². The molecule has 1 aromatic heterocycles. The number of carbonyl (C=O) groups excluding carboxylic acids is 1. The standard InChI is InChI=1S/C20H19ClN4O2/c21-16-8-4-5-9-17(16)25-20(27)24(13-19(26)22-15-10-11-15)18(23-25)12-14-6-2-1-3-7-14/h1-9,15H,10-13H2,(H,22,26). The van der Waals surface area contributed by atoms with Crippen LogP contribution in [-0.2, 0) is 17.8 Å². The number of para-hydroxylation sites is 1. The Balaban J connectivity index is 1.73. The molecule has 0 unspecified atom stereocenters. The van der Waals surface area contributed by atoms with Crippen molar-refractivity contribution in [3.05, 3.63) is 81.5 Å². The summed E-state index contributed by atoms with van der Waals surface area (Å²) in [6, 6.07) is 17.0. The number of nitrogens with one attached hydrogen (secondary N) is 1. The van der Waals surface area contributed by atoms with Crippen LogP contribution in [0.2, 0.25) is 5.02 Å². The number of hydrogen-bond acceptors (Lipinski definition) is 3. The third-order valence-electron chi connectivity index (χ3n) is 4.47. The van der Waals surface area contributed by atoms with Gasteiger partial charge in [0.05, 0.1) is 10.7 Å². The second-order valence-electron chi connectivity index (χ2n) is 6.65. The first-order valence-corrected chi connectivity index (χ1v) is 9.26. The van der Waals surface area contributed by atoms with Gasteiger partial charge in [0.1, 0.15) is 12.4 Å². The lowest BCUT2D eigenvalue weighted by atomic mass is 10.1. The second-order valence-corrected chi connectivity index (χ2v) is 7.06. The Bertz CT molecular complexity index is 1020. The van der Waals surface area contributed by atoms with E-state index in [-0.39, 0.29) is 24.2 Å². The predicted molar refractivity (Wildman–Crippen MR) is 103 cm³/mol. The Hall–Kier alpha value is -2.86. The second kappa shape index (κ2) is 7.40. The van der Waals surface area contributed by atoms with Crippen LogP contribution in [0.15, 0.2) is 59.4 Å². The van der Waals surface area contributed by atoms with Gasteiger partial charge in [-0.1, -0.05) is 54.1 Å². The van der Waals surface area contributed by atoms with Crippen molar-refractivity contribution in [1.82, 2.24) is 19.7 Å². The summed E-state index contributed by atoms with van der Waals surface area (Å²) < 4.78 is 2.69. The van der Waals surface area contributed by atoms with E-state index in [0.717, 1.165) is 18.4 Å². The summed E-state index contributed by atoms with van der Waals surface area (Å²) in [5.41, 5.74) is 1.14. The third-order valence-corrected chi connectivity index (χ3v) is 4.79. The van der Waals surface area contributed by atoms with E-state index in [1.807, 2.05) is 30.3 Å². The Morgan fingerprint density at radius 2 is 1.81 bits per heavy atom. The fourth-order valence-electron chi connectivity index (χ4n) is 2.93. The number of rotatable bonds is 6.